The molecule has 2 unspecified atom stereocenters. The molecule has 1 amide bonds. The van der Waals surface area contributed by atoms with Crippen molar-refractivity contribution in [2.45, 2.75) is 25.1 Å². The third-order valence-electron chi connectivity index (χ3n) is 3.97. The van der Waals surface area contributed by atoms with E-state index in [2.05, 4.69) is 13.8 Å². The Bertz CT molecular complexity index is 652. The summed E-state index contributed by atoms with van der Waals surface area (Å²) in [5.41, 5.74) is 6.82. The molecule has 0 radical (unpaired) electrons. The van der Waals surface area contributed by atoms with Crippen molar-refractivity contribution in [2.75, 3.05) is 18.0 Å². The number of carbonyl (C=O) groups excluding carboxylic acids is 1. The lowest BCUT2D eigenvalue weighted by Gasteiger charge is -2.37. The van der Waals surface area contributed by atoms with Gasteiger partial charge in [-0.15, -0.1) is 11.3 Å². The number of rotatable bonds is 1. The zero-order valence-electron chi connectivity index (χ0n) is 11.6. The van der Waals surface area contributed by atoms with E-state index in [1.807, 2.05) is 40.9 Å². The first-order valence-corrected chi connectivity index (χ1v) is 8.65. The van der Waals surface area contributed by atoms with Crippen LogP contribution in [0.1, 0.15) is 23.5 Å². The van der Waals surface area contributed by atoms with E-state index in [0.717, 1.165) is 22.4 Å². The lowest BCUT2D eigenvalue weighted by molar-refractivity contribution is 0.0704. The maximum absolute atomic E-state index is 12.8. The maximum Gasteiger partial charge on any atom is 0.266 e. The van der Waals surface area contributed by atoms with Crippen LogP contribution in [0.25, 0.3) is 10.1 Å². The van der Waals surface area contributed by atoms with Gasteiger partial charge in [0.25, 0.3) is 5.91 Å². The third-order valence-corrected chi connectivity index (χ3v) is 6.49. The quantitative estimate of drug-likeness (QED) is 0.878. The van der Waals surface area contributed by atoms with Gasteiger partial charge in [-0.1, -0.05) is 25.1 Å². The van der Waals surface area contributed by atoms with Crippen LogP contribution in [0.15, 0.2) is 24.3 Å². The highest BCUT2D eigenvalue weighted by Crippen LogP contribution is 2.35. The Balaban J connectivity index is 1.98. The third kappa shape index (κ3) is 2.19. The minimum Gasteiger partial charge on any atom is -0.397 e. The first-order chi connectivity index (χ1) is 9.59. The van der Waals surface area contributed by atoms with E-state index < -0.39 is 0 Å². The molecule has 2 heterocycles. The van der Waals surface area contributed by atoms with Gasteiger partial charge in [0, 0.05) is 33.7 Å². The van der Waals surface area contributed by atoms with E-state index in [9.17, 15) is 4.79 Å². The molecule has 1 aliphatic heterocycles. The molecular formula is C15H18N2OS2. The Morgan fingerprint density at radius 3 is 2.85 bits per heavy atom. The van der Waals surface area contributed by atoms with Crippen LogP contribution in [0.5, 0.6) is 0 Å². The summed E-state index contributed by atoms with van der Waals surface area (Å²) in [6.07, 6.45) is 0. The topological polar surface area (TPSA) is 46.3 Å². The summed E-state index contributed by atoms with van der Waals surface area (Å²) in [7, 11) is 0. The standard InChI is InChI=1S/C15H18N2OS2/c1-9-10(2)19-8-7-17(9)15(18)14-13(16)11-5-3-4-6-12(11)20-14/h3-6,9-10H,7-8,16H2,1-2H3. The molecule has 2 aromatic rings. The van der Waals surface area contributed by atoms with Crippen molar-refractivity contribution < 1.29 is 4.79 Å². The number of nitrogens with two attached hydrogens (primary N) is 1. The fourth-order valence-electron chi connectivity index (χ4n) is 2.57. The summed E-state index contributed by atoms with van der Waals surface area (Å²) in [5.74, 6) is 1.09. The van der Waals surface area contributed by atoms with Crippen molar-refractivity contribution in [3.8, 4) is 0 Å². The van der Waals surface area contributed by atoms with Gasteiger partial charge in [0.15, 0.2) is 0 Å². The lowest BCUT2D eigenvalue weighted by Crippen LogP contribution is -2.47. The van der Waals surface area contributed by atoms with E-state index in [1.54, 1.807) is 0 Å². The van der Waals surface area contributed by atoms with Crippen molar-refractivity contribution in [2.24, 2.45) is 0 Å². The average molecular weight is 306 g/mol. The van der Waals surface area contributed by atoms with Crippen molar-refractivity contribution in [3.05, 3.63) is 29.1 Å². The second-order valence-electron chi connectivity index (χ2n) is 5.16. The number of hydrogen-bond donors (Lipinski definition) is 1. The monoisotopic (exact) mass is 306 g/mol. The van der Waals surface area contributed by atoms with E-state index in [4.69, 9.17) is 5.73 Å². The predicted octanol–water partition coefficient (Wildman–Crippen LogP) is 3.45. The molecule has 20 heavy (non-hydrogen) atoms. The normalized spacial score (nSPS) is 23.2. The van der Waals surface area contributed by atoms with E-state index in [-0.39, 0.29) is 11.9 Å². The van der Waals surface area contributed by atoms with Crippen molar-refractivity contribution in [3.63, 3.8) is 0 Å². The molecule has 1 saturated heterocycles. The number of amides is 1. The van der Waals surface area contributed by atoms with Gasteiger partial charge in [0.2, 0.25) is 0 Å². The molecule has 1 aliphatic rings. The van der Waals surface area contributed by atoms with Crippen LogP contribution in [-0.2, 0) is 0 Å². The molecule has 0 spiro atoms. The SMILES string of the molecule is CC1SCCN(C(=O)c2sc3ccccc3c2N)C1C. The Labute approximate surface area is 127 Å². The van der Waals surface area contributed by atoms with Crippen LogP contribution < -0.4 is 5.73 Å². The van der Waals surface area contributed by atoms with Crippen LogP contribution >= 0.6 is 23.1 Å². The van der Waals surface area contributed by atoms with Crippen molar-refractivity contribution in [1.82, 2.24) is 4.90 Å². The number of anilines is 1. The molecule has 5 heteroatoms. The molecule has 3 nitrogen and oxygen atoms in total. The van der Waals surface area contributed by atoms with Crippen molar-refractivity contribution in [1.29, 1.82) is 0 Å². The summed E-state index contributed by atoms with van der Waals surface area (Å²) in [6.45, 7) is 5.12. The molecule has 1 fully saturated rings. The molecule has 1 aromatic carbocycles. The number of nitrogen functional groups attached to an aromatic ring is 1. The molecule has 0 aliphatic carbocycles. The van der Waals surface area contributed by atoms with Gasteiger partial charge in [-0.2, -0.15) is 11.8 Å². The highest BCUT2D eigenvalue weighted by atomic mass is 32.2. The van der Waals surface area contributed by atoms with Gasteiger partial charge < -0.3 is 10.6 Å². The fourth-order valence-corrected chi connectivity index (χ4v) is 4.75. The Morgan fingerprint density at radius 2 is 2.10 bits per heavy atom. The molecule has 0 bridgehead atoms. The van der Waals surface area contributed by atoms with Crippen LogP contribution in [0.3, 0.4) is 0 Å². The van der Waals surface area contributed by atoms with Gasteiger partial charge in [0.05, 0.1) is 5.69 Å². The summed E-state index contributed by atoms with van der Waals surface area (Å²) in [4.78, 5) is 15.5. The molecule has 2 N–H and O–H groups in total. The van der Waals surface area contributed by atoms with Gasteiger partial charge in [0.1, 0.15) is 4.88 Å². The molecule has 3 rings (SSSR count). The van der Waals surface area contributed by atoms with E-state index in [0.29, 0.717) is 15.8 Å². The second-order valence-corrected chi connectivity index (χ2v) is 7.69. The number of thioether (sulfide) groups is 1. The average Bonchev–Trinajstić information content (AvgIpc) is 2.79. The fraction of sp³-hybridized carbons (Fsp3) is 0.400. The second kappa shape index (κ2) is 5.30. The van der Waals surface area contributed by atoms with Gasteiger partial charge in [-0.3, -0.25) is 4.79 Å². The van der Waals surface area contributed by atoms with Crippen LogP contribution in [-0.4, -0.2) is 34.4 Å². The molecule has 2 atom stereocenters. The molecular weight excluding hydrogens is 288 g/mol. The predicted molar refractivity (Wildman–Crippen MR) is 88.7 cm³/mol. The Kier molecular flexibility index (Phi) is 3.65. The smallest absolute Gasteiger partial charge is 0.266 e. The molecule has 1 aromatic heterocycles. The number of hydrogen-bond acceptors (Lipinski definition) is 4. The number of benzene rings is 1. The largest absolute Gasteiger partial charge is 0.397 e. The zero-order valence-corrected chi connectivity index (χ0v) is 13.3. The van der Waals surface area contributed by atoms with Gasteiger partial charge >= 0.3 is 0 Å². The van der Waals surface area contributed by atoms with Crippen molar-refractivity contribution >= 4 is 44.8 Å². The highest BCUT2D eigenvalue weighted by molar-refractivity contribution is 8.00. The summed E-state index contributed by atoms with van der Waals surface area (Å²) in [6, 6.07) is 8.20. The van der Waals surface area contributed by atoms with Gasteiger partial charge in [-0.05, 0) is 13.0 Å². The molecule has 106 valence electrons. The van der Waals surface area contributed by atoms with Crippen LogP contribution in [0.4, 0.5) is 5.69 Å². The number of thiophene rings is 1. The Morgan fingerprint density at radius 1 is 1.35 bits per heavy atom. The number of carbonyl (C=O) groups is 1. The van der Waals surface area contributed by atoms with Gasteiger partial charge in [-0.25, -0.2) is 0 Å². The first-order valence-electron chi connectivity index (χ1n) is 6.79. The highest BCUT2D eigenvalue weighted by Gasteiger charge is 2.31. The zero-order chi connectivity index (χ0) is 14.3. The first kappa shape index (κ1) is 13.8. The summed E-state index contributed by atoms with van der Waals surface area (Å²) < 4.78 is 1.08. The minimum absolute atomic E-state index is 0.0864. The summed E-state index contributed by atoms with van der Waals surface area (Å²) >= 11 is 3.44. The summed E-state index contributed by atoms with van der Waals surface area (Å²) in [5, 5.41) is 1.47. The Hall–Kier alpha value is -1.20. The number of nitrogens with zero attached hydrogens (tertiary/aromatic N) is 1. The molecule has 0 saturated carbocycles. The minimum atomic E-state index is 0.0864. The van der Waals surface area contributed by atoms with Crippen LogP contribution in [0, 0.1) is 0 Å². The maximum atomic E-state index is 12.8. The van der Waals surface area contributed by atoms with Crippen LogP contribution in [0.2, 0.25) is 0 Å². The van der Waals surface area contributed by atoms with E-state index in [1.165, 1.54) is 11.3 Å². The van der Waals surface area contributed by atoms with E-state index >= 15 is 0 Å². The lowest BCUT2D eigenvalue weighted by atomic mass is 10.1. The number of fused-ring (bicyclic) bond motifs is 1.